The van der Waals surface area contributed by atoms with Crippen molar-refractivity contribution in [2.45, 2.75) is 19.1 Å². The molecular formula is C8H15O6P. The number of phosphoric acid groups is 1. The SMILES string of the molecule is CCOP(=O)(OCC1CO1)OCC1CO1. The minimum absolute atomic E-state index is 0.0413. The van der Waals surface area contributed by atoms with Crippen LogP contribution in [0.1, 0.15) is 6.92 Å². The Morgan fingerprint density at radius 1 is 1.13 bits per heavy atom. The first kappa shape index (κ1) is 11.5. The lowest BCUT2D eigenvalue weighted by atomic mass is 10.5. The Kier molecular flexibility index (Phi) is 3.77. The van der Waals surface area contributed by atoms with Gasteiger partial charge in [-0.1, -0.05) is 0 Å². The number of phosphoric ester groups is 1. The molecule has 7 heteroatoms. The van der Waals surface area contributed by atoms with Crippen LogP contribution in [0.15, 0.2) is 0 Å². The van der Waals surface area contributed by atoms with Crippen molar-refractivity contribution in [1.29, 1.82) is 0 Å². The minimum atomic E-state index is -3.41. The molecule has 2 unspecified atom stereocenters. The van der Waals surface area contributed by atoms with Crippen LogP contribution >= 0.6 is 7.82 Å². The van der Waals surface area contributed by atoms with Crippen molar-refractivity contribution in [2.75, 3.05) is 33.0 Å². The molecule has 0 aliphatic carbocycles. The van der Waals surface area contributed by atoms with Gasteiger partial charge in [-0.15, -0.1) is 0 Å². The third-order valence-corrected chi connectivity index (χ3v) is 3.43. The summed E-state index contributed by atoms with van der Waals surface area (Å²) in [5, 5.41) is 0. The van der Waals surface area contributed by atoms with E-state index in [4.69, 9.17) is 23.0 Å². The number of hydrogen-bond donors (Lipinski definition) is 0. The lowest BCUT2D eigenvalue weighted by Crippen LogP contribution is -2.08. The average Bonchev–Trinajstić information content (AvgIpc) is 3.05. The molecule has 2 heterocycles. The molecule has 15 heavy (non-hydrogen) atoms. The second-order valence-corrected chi connectivity index (χ2v) is 5.04. The molecule has 0 N–H and O–H groups in total. The summed E-state index contributed by atoms with van der Waals surface area (Å²) < 4.78 is 37.0. The van der Waals surface area contributed by atoms with Crippen molar-refractivity contribution in [3.8, 4) is 0 Å². The molecule has 6 nitrogen and oxygen atoms in total. The monoisotopic (exact) mass is 238 g/mol. The van der Waals surface area contributed by atoms with E-state index in [-0.39, 0.29) is 32.0 Å². The number of ether oxygens (including phenoxy) is 2. The maximum Gasteiger partial charge on any atom is 0.474 e. The fraction of sp³-hybridized carbons (Fsp3) is 1.00. The molecule has 0 aromatic carbocycles. The van der Waals surface area contributed by atoms with Crippen LogP contribution in [0.25, 0.3) is 0 Å². The lowest BCUT2D eigenvalue weighted by molar-refractivity contribution is 0.104. The van der Waals surface area contributed by atoms with Crippen molar-refractivity contribution in [2.24, 2.45) is 0 Å². The van der Waals surface area contributed by atoms with Gasteiger partial charge in [0, 0.05) is 0 Å². The van der Waals surface area contributed by atoms with E-state index in [2.05, 4.69) is 0 Å². The van der Waals surface area contributed by atoms with E-state index in [0.29, 0.717) is 13.2 Å². The molecule has 2 aliphatic rings. The lowest BCUT2D eigenvalue weighted by Gasteiger charge is -2.15. The molecule has 0 aromatic rings. The van der Waals surface area contributed by atoms with Crippen LogP contribution < -0.4 is 0 Å². The molecule has 0 spiro atoms. The largest absolute Gasteiger partial charge is 0.474 e. The molecule has 0 amide bonds. The van der Waals surface area contributed by atoms with Crippen LogP contribution in [-0.4, -0.2) is 45.2 Å². The number of epoxide rings is 2. The Hall–Kier alpha value is 0.0300. The Bertz CT molecular complexity index is 230. The molecule has 2 saturated heterocycles. The highest BCUT2D eigenvalue weighted by Gasteiger charge is 2.34. The third kappa shape index (κ3) is 4.18. The summed E-state index contributed by atoms with van der Waals surface area (Å²) in [6, 6.07) is 0. The number of rotatable bonds is 8. The Morgan fingerprint density at radius 3 is 1.93 bits per heavy atom. The predicted octanol–water partition coefficient (Wildman–Crippen LogP) is 0.962. The second-order valence-electron chi connectivity index (χ2n) is 3.37. The van der Waals surface area contributed by atoms with Gasteiger partial charge in [-0.05, 0) is 6.92 Å². The maximum absolute atomic E-state index is 11.9. The van der Waals surface area contributed by atoms with E-state index < -0.39 is 7.82 Å². The van der Waals surface area contributed by atoms with Crippen molar-refractivity contribution in [3.05, 3.63) is 0 Å². The van der Waals surface area contributed by atoms with Crippen LogP contribution in [0, 0.1) is 0 Å². The standard InChI is InChI=1S/C8H15O6P/c1-2-12-15(9,13-5-7-3-10-7)14-6-8-4-11-8/h7-8H,2-6H2,1H3. The highest BCUT2D eigenvalue weighted by atomic mass is 31.2. The maximum atomic E-state index is 11.9. The second kappa shape index (κ2) is 4.91. The quantitative estimate of drug-likeness (QED) is 0.463. The van der Waals surface area contributed by atoms with Crippen LogP contribution in [0.4, 0.5) is 0 Å². The van der Waals surface area contributed by atoms with Gasteiger partial charge in [0.05, 0.1) is 33.0 Å². The van der Waals surface area contributed by atoms with Crippen molar-refractivity contribution in [3.63, 3.8) is 0 Å². The average molecular weight is 238 g/mol. The van der Waals surface area contributed by atoms with Gasteiger partial charge in [0.1, 0.15) is 12.2 Å². The molecular weight excluding hydrogens is 223 g/mol. The van der Waals surface area contributed by atoms with Gasteiger partial charge in [0.25, 0.3) is 0 Å². The van der Waals surface area contributed by atoms with Gasteiger partial charge in [-0.25, -0.2) is 4.57 Å². The fourth-order valence-corrected chi connectivity index (χ4v) is 2.18. The van der Waals surface area contributed by atoms with Gasteiger partial charge in [-0.3, -0.25) is 13.6 Å². The first-order valence-corrected chi connectivity index (χ1v) is 6.45. The summed E-state index contributed by atoms with van der Waals surface area (Å²) >= 11 is 0. The molecule has 88 valence electrons. The molecule has 2 fully saturated rings. The zero-order valence-corrected chi connectivity index (χ0v) is 9.48. The van der Waals surface area contributed by atoms with E-state index in [1.807, 2.05) is 0 Å². The van der Waals surface area contributed by atoms with E-state index in [9.17, 15) is 4.57 Å². The minimum Gasteiger partial charge on any atom is -0.371 e. The Balaban J connectivity index is 1.73. The van der Waals surface area contributed by atoms with Gasteiger partial charge < -0.3 is 9.47 Å². The summed E-state index contributed by atoms with van der Waals surface area (Å²) in [5.74, 6) is 0. The van der Waals surface area contributed by atoms with Gasteiger partial charge >= 0.3 is 7.82 Å². The molecule has 2 rings (SSSR count). The molecule has 0 saturated carbocycles. The van der Waals surface area contributed by atoms with Crippen molar-refractivity contribution in [1.82, 2.24) is 0 Å². The van der Waals surface area contributed by atoms with Crippen LogP contribution in [0.5, 0.6) is 0 Å². The predicted molar refractivity (Wildman–Crippen MR) is 50.6 cm³/mol. The summed E-state index contributed by atoms with van der Waals surface area (Å²) in [6.07, 6.45) is 0.0825. The smallest absolute Gasteiger partial charge is 0.371 e. The normalized spacial score (nSPS) is 32.3. The summed E-state index contributed by atoms with van der Waals surface area (Å²) in [6.45, 7) is 3.83. The summed E-state index contributed by atoms with van der Waals surface area (Å²) in [7, 11) is -3.41. The molecule has 0 bridgehead atoms. The van der Waals surface area contributed by atoms with E-state index in [1.54, 1.807) is 6.92 Å². The Labute approximate surface area is 88.4 Å². The van der Waals surface area contributed by atoms with Crippen LogP contribution in [-0.2, 0) is 27.6 Å². The zero-order valence-electron chi connectivity index (χ0n) is 8.59. The Morgan fingerprint density at radius 2 is 1.60 bits per heavy atom. The highest BCUT2D eigenvalue weighted by Crippen LogP contribution is 2.50. The van der Waals surface area contributed by atoms with E-state index >= 15 is 0 Å². The first-order valence-electron chi connectivity index (χ1n) is 4.99. The van der Waals surface area contributed by atoms with E-state index in [1.165, 1.54) is 0 Å². The van der Waals surface area contributed by atoms with Crippen molar-refractivity contribution >= 4 is 7.82 Å². The summed E-state index contributed by atoms with van der Waals surface area (Å²) in [4.78, 5) is 0. The van der Waals surface area contributed by atoms with Crippen LogP contribution in [0.3, 0.4) is 0 Å². The molecule has 2 atom stereocenters. The van der Waals surface area contributed by atoms with Crippen LogP contribution in [0.2, 0.25) is 0 Å². The van der Waals surface area contributed by atoms with Gasteiger partial charge in [0.15, 0.2) is 0 Å². The molecule has 2 aliphatic heterocycles. The third-order valence-electron chi connectivity index (χ3n) is 1.93. The molecule has 0 radical (unpaired) electrons. The zero-order chi connectivity index (χ0) is 10.7. The highest BCUT2D eigenvalue weighted by molar-refractivity contribution is 7.48. The van der Waals surface area contributed by atoms with E-state index in [0.717, 1.165) is 0 Å². The first-order chi connectivity index (χ1) is 7.22. The topological polar surface area (TPSA) is 69.8 Å². The van der Waals surface area contributed by atoms with Gasteiger partial charge in [-0.2, -0.15) is 0 Å². The number of hydrogen-bond acceptors (Lipinski definition) is 6. The fourth-order valence-electron chi connectivity index (χ4n) is 0.947. The van der Waals surface area contributed by atoms with Crippen molar-refractivity contribution < 1.29 is 27.6 Å². The molecule has 0 aromatic heterocycles. The summed E-state index contributed by atoms with van der Waals surface area (Å²) in [5.41, 5.74) is 0. The van der Waals surface area contributed by atoms with Gasteiger partial charge in [0.2, 0.25) is 0 Å².